The van der Waals surface area contributed by atoms with Crippen LogP contribution in [0.2, 0.25) is 0 Å². The van der Waals surface area contributed by atoms with E-state index in [2.05, 4.69) is 39.3 Å². The van der Waals surface area contributed by atoms with Crippen molar-refractivity contribution in [2.24, 2.45) is 0 Å². The number of aromatic nitrogens is 4. The molecule has 0 spiro atoms. The van der Waals surface area contributed by atoms with Crippen molar-refractivity contribution in [2.45, 2.75) is 33.2 Å². The second-order valence-electron chi connectivity index (χ2n) is 6.58. The Hall–Kier alpha value is -3.35. The molecule has 0 saturated heterocycles. The van der Waals surface area contributed by atoms with Gasteiger partial charge in [-0.15, -0.1) is 0 Å². The number of carbonyl (C=O) groups is 1. The predicted octanol–water partition coefficient (Wildman–Crippen LogP) is 2.59. The van der Waals surface area contributed by atoms with E-state index in [-0.39, 0.29) is 18.0 Å². The van der Waals surface area contributed by atoms with Gasteiger partial charge >= 0.3 is 0 Å². The number of nitrogens with one attached hydrogen (secondary N) is 2. The molecule has 0 radical (unpaired) electrons. The third-order valence-electron chi connectivity index (χ3n) is 4.04. The first-order valence-electron chi connectivity index (χ1n) is 8.71. The molecule has 2 heterocycles. The summed E-state index contributed by atoms with van der Waals surface area (Å²) in [5, 5.41) is 11.3. The van der Waals surface area contributed by atoms with Crippen LogP contribution in [-0.2, 0) is 6.54 Å². The van der Waals surface area contributed by atoms with Crippen molar-refractivity contribution in [2.75, 3.05) is 0 Å². The van der Waals surface area contributed by atoms with Crippen molar-refractivity contribution in [3.05, 3.63) is 75.6 Å². The predicted molar refractivity (Wildman–Crippen MR) is 102 cm³/mol. The van der Waals surface area contributed by atoms with Gasteiger partial charge in [-0.05, 0) is 37.1 Å². The minimum absolute atomic E-state index is 0.177. The van der Waals surface area contributed by atoms with E-state index in [1.54, 1.807) is 25.1 Å². The van der Waals surface area contributed by atoms with E-state index in [0.717, 1.165) is 11.3 Å². The zero-order valence-electron chi connectivity index (χ0n) is 15.5. The van der Waals surface area contributed by atoms with E-state index in [9.17, 15) is 9.59 Å². The first kappa shape index (κ1) is 18.4. The van der Waals surface area contributed by atoms with Crippen molar-refractivity contribution in [3.8, 4) is 11.3 Å². The summed E-state index contributed by atoms with van der Waals surface area (Å²) in [6.45, 7) is 6.00. The summed E-state index contributed by atoms with van der Waals surface area (Å²) in [4.78, 5) is 30.7. The molecule has 0 fully saturated rings. The number of rotatable bonds is 5. The molecule has 7 nitrogen and oxygen atoms in total. The average Bonchev–Trinajstić information content (AvgIpc) is 2.65. The number of benzene rings is 1. The Balaban J connectivity index is 1.74. The molecule has 0 saturated carbocycles. The van der Waals surface area contributed by atoms with Gasteiger partial charge in [-0.1, -0.05) is 26.0 Å². The number of aromatic amines is 1. The average molecular weight is 363 g/mol. The molecule has 0 unspecified atom stereocenters. The lowest BCUT2D eigenvalue weighted by Crippen LogP contribution is -2.24. The smallest absolute Gasteiger partial charge is 0.251 e. The summed E-state index contributed by atoms with van der Waals surface area (Å²) >= 11 is 0. The van der Waals surface area contributed by atoms with E-state index in [4.69, 9.17) is 0 Å². The van der Waals surface area contributed by atoms with Gasteiger partial charge in [0.15, 0.2) is 0 Å². The highest BCUT2D eigenvalue weighted by molar-refractivity contribution is 5.95. The second-order valence-corrected chi connectivity index (χ2v) is 6.58. The number of hydrogen-bond donors (Lipinski definition) is 2. The molecule has 3 aromatic rings. The fourth-order valence-corrected chi connectivity index (χ4v) is 2.63. The molecule has 0 atom stereocenters. The van der Waals surface area contributed by atoms with Gasteiger partial charge in [0.1, 0.15) is 5.82 Å². The van der Waals surface area contributed by atoms with Gasteiger partial charge in [0, 0.05) is 17.2 Å². The molecule has 138 valence electrons. The highest BCUT2D eigenvalue weighted by atomic mass is 16.1. The number of H-pyrrole nitrogens is 1. The van der Waals surface area contributed by atoms with Crippen molar-refractivity contribution < 1.29 is 4.79 Å². The largest absolute Gasteiger partial charge is 0.346 e. The highest BCUT2D eigenvalue weighted by Crippen LogP contribution is 2.19. The number of nitrogens with zero attached hydrogens (tertiary/aromatic N) is 3. The monoisotopic (exact) mass is 363 g/mol. The van der Waals surface area contributed by atoms with Gasteiger partial charge in [0.25, 0.3) is 11.5 Å². The van der Waals surface area contributed by atoms with Crippen LogP contribution in [0.3, 0.4) is 0 Å². The van der Waals surface area contributed by atoms with Crippen molar-refractivity contribution in [3.63, 3.8) is 0 Å². The van der Waals surface area contributed by atoms with Crippen LogP contribution in [0.15, 0.2) is 47.3 Å². The topological polar surface area (TPSA) is 101 Å². The number of hydrogen-bond acceptors (Lipinski definition) is 5. The summed E-state index contributed by atoms with van der Waals surface area (Å²) < 4.78 is 0. The Labute approximate surface area is 156 Å². The molecule has 2 aromatic heterocycles. The van der Waals surface area contributed by atoms with Gasteiger partial charge in [0.2, 0.25) is 0 Å². The zero-order chi connectivity index (χ0) is 19.4. The number of aryl methyl sites for hydroxylation is 1. The van der Waals surface area contributed by atoms with E-state index < -0.39 is 0 Å². The molecule has 1 aromatic carbocycles. The second kappa shape index (κ2) is 7.90. The molecule has 0 aliphatic rings. The van der Waals surface area contributed by atoms with Crippen LogP contribution < -0.4 is 10.9 Å². The lowest BCUT2D eigenvalue weighted by Gasteiger charge is -2.08. The number of amides is 1. The molecule has 0 bridgehead atoms. The zero-order valence-corrected chi connectivity index (χ0v) is 15.5. The fourth-order valence-electron chi connectivity index (χ4n) is 2.63. The normalized spacial score (nSPS) is 10.8. The molecule has 2 N–H and O–H groups in total. The Morgan fingerprint density at radius 1 is 1.15 bits per heavy atom. The first-order chi connectivity index (χ1) is 12.9. The third kappa shape index (κ3) is 4.63. The maximum Gasteiger partial charge on any atom is 0.251 e. The van der Waals surface area contributed by atoms with Crippen LogP contribution in [0.25, 0.3) is 11.3 Å². The van der Waals surface area contributed by atoms with Gasteiger partial charge in [-0.25, -0.2) is 4.98 Å². The summed E-state index contributed by atoms with van der Waals surface area (Å²) in [6, 6.07) is 12.4. The Morgan fingerprint density at radius 3 is 2.63 bits per heavy atom. The Morgan fingerprint density at radius 2 is 1.96 bits per heavy atom. The standard InChI is InChI=1S/C20H21N5O2/c1-12(2)17-7-8-18(25-24-17)14-5-4-6-15(9-14)20(27)21-11-16-10-19(26)23-13(3)22-16/h4-10,12H,11H2,1-3H3,(H,21,27)(H,22,23,26). The highest BCUT2D eigenvalue weighted by Gasteiger charge is 2.10. The molecular formula is C20H21N5O2. The van der Waals surface area contributed by atoms with E-state index in [0.29, 0.717) is 28.7 Å². The van der Waals surface area contributed by atoms with Gasteiger partial charge in [-0.2, -0.15) is 10.2 Å². The molecular weight excluding hydrogens is 342 g/mol. The lowest BCUT2D eigenvalue weighted by molar-refractivity contribution is 0.0950. The van der Waals surface area contributed by atoms with E-state index in [1.165, 1.54) is 6.07 Å². The van der Waals surface area contributed by atoms with Crippen LogP contribution >= 0.6 is 0 Å². The number of carbonyl (C=O) groups excluding carboxylic acids is 1. The third-order valence-corrected chi connectivity index (χ3v) is 4.04. The quantitative estimate of drug-likeness (QED) is 0.726. The maximum absolute atomic E-state index is 12.5. The van der Waals surface area contributed by atoms with Crippen LogP contribution in [0.1, 0.15) is 47.3 Å². The molecule has 0 aliphatic heterocycles. The molecule has 3 rings (SSSR count). The van der Waals surface area contributed by atoms with Crippen molar-refractivity contribution >= 4 is 5.91 Å². The summed E-state index contributed by atoms with van der Waals surface area (Å²) in [5.74, 6) is 0.576. The molecule has 0 aliphatic carbocycles. The van der Waals surface area contributed by atoms with E-state index in [1.807, 2.05) is 18.2 Å². The van der Waals surface area contributed by atoms with Crippen LogP contribution in [0.4, 0.5) is 0 Å². The van der Waals surface area contributed by atoms with Crippen LogP contribution in [-0.4, -0.2) is 26.1 Å². The van der Waals surface area contributed by atoms with Gasteiger partial charge in [0.05, 0.1) is 23.6 Å². The molecule has 7 heteroatoms. The SMILES string of the molecule is Cc1nc(CNC(=O)c2cccc(-c3ccc(C(C)C)nn3)c2)cc(=O)[nH]1. The van der Waals surface area contributed by atoms with Gasteiger partial charge < -0.3 is 10.3 Å². The van der Waals surface area contributed by atoms with Gasteiger partial charge in [-0.3, -0.25) is 9.59 Å². The molecule has 27 heavy (non-hydrogen) atoms. The van der Waals surface area contributed by atoms with E-state index >= 15 is 0 Å². The Kier molecular flexibility index (Phi) is 5.40. The van der Waals surface area contributed by atoms with Crippen molar-refractivity contribution in [1.29, 1.82) is 0 Å². The van der Waals surface area contributed by atoms with Crippen LogP contribution in [0, 0.1) is 6.92 Å². The van der Waals surface area contributed by atoms with Crippen molar-refractivity contribution in [1.82, 2.24) is 25.5 Å². The minimum Gasteiger partial charge on any atom is -0.346 e. The minimum atomic E-state index is -0.247. The lowest BCUT2D eigenvalue weighted by atomic mass is 10.1. The molecule has 1 amide bonds. The fraction of sp³-hybridized carbons (Fsp3) is 0.250. The first-order valence-corrected chi connectivity index (χ1v) is 8.71. The summed E-state index contributed by atoms with van der Waals surface area (Å²) in [6.07, 6.45) is 0. The maximum atomic E-state index is 12.5. The van der Waals surface area contributed by atoms with Crippen LogP contribution in [0.5, 0.6) is 0 Å². The summed E-state index contributed by atoms with van der Waals surface area (Å²) in [5.41, 5.74) is 3.22. The summed E-state index contributed by atoms with van der Waals surface area (Å²) in [7, 11) is 0. The Bertz CT molecular complexity index is 1010.